The van der Waals surface area contributed by atoms with Crippen molar-refractivity contribution in [1.82, 2.24) is 5.32 Å². The maximum absolute atomic E-state index is 12.7. The van der Waals surface area contributed by atoms with Gasteiger partial charge >= 0.3 is 5.97 Å². The fraction of sp³-hybridized carbons (Fsp3) is 0.467. The average Bonchev–Trinajstić information content (AvgIpc) is 2.46. The highest BCUT2D eigenvalue weighted by atomic mass is 19.1. The Hall–Kier alpha value is -1.91. The zero-order valence-electron chi connectivity index (χ0n) is 11.1. The van der Waals surface area contributed by atoms with Crippen LogP contribution in [-0.4, -0.2) is 23.5 Å². The summed E-state index contributed by atoms with van der Waals surface area (Å²) in [5, 5.41) is 11.7. The molecule has 0 saturated heterocycles. The third-order valence-corrected chi connectivity index (χ3v) is 3.85. The molecule has 0 aromatic heterocycles. The lowest BCUT2D eigenvalue weighted by molar-refractivity contribution is -0.143. The van der Waals surface area contributed by atoms with Gasteiger partial charge in [0.1, 0.15) is 5.82 Å². The van der Waals surface area contributed by atoms with Gasteiger partial charge in [0, 0.05) is 12.1 Å². The molecule has 2 rings (SSSR count). The maximum atomic E-state index is 12.7. The predicted molar refractivity (Wildman–Crippen MR) is 71.8 cm³/mol. The highest BCUT2D eigenvalue weighted by molar-refractivity contribution is 5.94. The van der Waals surface area contributed by atoms with Crippen LogP contribution in [0.15, 0.2) is 24.3 Å². The Bertz CT molecular complexity index is 478. The first-order valence-electron chi connectivity index (χ1n) is 6.83. The van der Waals surface area contributed by atoms with Gasteiger partial charge in [0.15, 0.2) is 0 Å². The lowest BCUT2D eigenvalue weighted by Crippen LogP contribution is -2.32. The molecule has 0 atom stereocenters. The van der Waals surface area contributed by atoms with E-state index in [9.17, 15) is 14.0 Å². The van der Waals surface area contributed by atoms with Crippen LogP contribution in [0.2, 0.25) is 0 Å². The van der Waals surface area contributed by atoms with Crippen LogP contribution in [0.5, 0.6) is 0 Å². The number of carbonyl (C=O) groups excluding carboxylic acids is 1. The molecular weight excluding hydrogens is 261 g/mol. The van der Waals surface area contributed by atoms with Crippen LogP contribution in [0, 0.1) is 17.7 Å². The summed E-state index contributed by atoms with van der Waals surface area (Å²) < 4.78 is 12.7. The number of carbonyl (C=O) groups is 2. The molecule has 0 aliphatic heterocycles. The molecule has 0 unspecified atom stereocenters. The van der Waals surface area contributed by atoms with Crippen molar-refractivity contribution >= 4 is 11.9 Å². The monoisotopic (exact) mass is 279 g/mol. The molecule has 108 valence electrons. The Morgan fingerprint density at radius 2 is 1.75 bits per heavy atom. The van der Waals surface area contributed by atoms with Crippen LogP contribution in [0.4, 0.5) is 4.39 Å². The van der Waals surface area contributed by atoms with Crippen molar-refractivity contribution in [2.24, 2.45) is 11.8 Å². The zero-order valence-corrected chi connectivity index (χ0v) is 11.1. The summed E-state index contributed by atoms with van der Waals surface area (Å²) in [6, 6.07) is 5.41. The quantitative estimate of drug-likeness (QED) is 0.889. The Labute approximate surface area is 117 Å². The largest absolute Gasteiger partial charge is 0.481 e. The van der Waals surface area contributed by atoms with Gasteiger partial charge < -0.3 is 10.4 Å². The van der Waals surface area contributed by atoms with Crippen LogP contribution < -0.4 is 5.32 Å². The molecule has 20 heavy (non-hydrogen) atoms. The topological polar surface area (TPSA) is 66.4 Å². The van der Waals surface area contributed by atoms with Crippen LogP contribution >= 0.6 is 0 Å². The molecular formula is C15H18FNO3. The van der Waals surface area contributed by atoms with Gasteiger partial charge in [-0.25, -0.2) is 4.39 Å². The minimum absolute atomic E-state index is 0.217. The fourth-order valence-corrected chi connectivity index (χ4v) is 2.55. The van der Waals surface area contributed by atoms with E-state index in [-0.39, 0.29) is 17.6 Å². The van der Waals surface area contributed by atoms with Crippen molar-refractivity contribution in [1.29, 1.82) is 0 Å². The summed E-state index contributed by atoms with van der Waals surface area (Å²) in [4.78, 5) is 22.7. The van der Waals surface area contributed by atoms with Crippen LogP contribution in [0.3, 0.4) is 0 Å². The standard InChI is InChI=1S/C15H18FNO3/c16-13-7-5-11(6-8-13)14(18)17-9-10-1-3-12(4-2-10)15(19)20/h5-8,10,12H,1-4,9H2,(H,17,18)(H,19,20). The molecule has 0 spiro atoms. The molecule has 5 heteroatoms. The van der Waals surface area contributed by atoms with Gasteiger partial charge in [-0.05, 0) is 55.9 Å². The highest BCUT2D eigenvalue weighted by Crippen LogP contribution is 2.28. The number of rotatable bonds is 4. The van der Waals surface area contributed by atoms with E-state index in [1.54, 1.807) is 0 Å². The summed E-state index contributed by atoms with van der Waals surface area (Å²) >= 11 is 0. The van der Waals surface area contributed by atoms with Crippen LogP contribution in [0.1, 0.15) is 36.0 Å². The maximum Gasteiger partial charge on any atom is 0.306 e. The van der Waals surface area contributed by atoms with Crippen molar-refractivity contribution in [3.63, 3.8) is 0 Å². The van der Waals surface area contributed by atoms with Gasteiger partial charge in [-0.3, -0.25) is 9.59 Å². The molecule has 1 aliphatic carbocycles. The normalized spacial score (nSPS) is 22.2. The molecule has 1 saturated carbocycles. The molecule has 1 aromatic carbocycles. The first kappa shape index (κ1) is 14.5. The summed E-state index contributed by atoms with van der Waals surface area (Å²) in [6.45, 7) is 0.544. The Morgan fingerprint density at radius 3 is 2.30 bits per heavy atom. The third kappa shape index (κ3) is 3.79. The number of hydrogen-bond donors (Lipinski definition) is 2. The van der Waals surface area contributed by atoms with Gasteiger partial charge in [0.25, 0.3) is 5.91 Å². The number of hydrogen-bond acceptors (Lipinski definition) is 2. The van der Waals surface area contributed by atoms with E-state index in [0.29, 0.717) is 30.9 Å². The molecule has 4 nitrogen and oxygen atoms in total. The molecule has 1 aromatic rings. The number of aliphatic carboxylic acids is 1. The number of nitrogens with one attached hydrogen (secondary N) is 1. The van der Waals surface area contributed by atoms with E-state index in [2.05, 4.69) is 5.32 Å². The van der Waals surface area contributed by atoms with E-state index in [0.717, 1.165) is 12.8 Å². The molecule has 0 bridgehead atoms. The Morgan fingerprint density at radius 1 is 1.15 bits per heavy atom. The van der Waals surface area contributed by atoms with E-state index in [1.807, 2.05) is 0 Å². The first-order valence-corrected chi connectivity index (χ1v) is 6.83. The second-order valence-corrected chi connectivity index (χ2v) is 5.27. The number of carboxylic acid groups (broad SMARTS) is 1. The number of carboxylic acids is 1. The number of halogens is 1. The number of benzene rings is 1. The van der Waals surface area contributed by atoms with Crippen molar-refractivity contribution in [3.8, 4) is 0 Å². The molecule has 0 heterocycles. The van der Waals surface area contributed by atoms with Crippen molar-refractivity contribution in [2.45, 2.75) is 25.7 Å². The van der Waals surface area contributed by atoms with Gasteiger partial charge in [0.2, 0.25) is 0 Å². The molecule has 1 amide bonds. The first-order chi connectivity index (χ1) is 9.56. The second kappa shape index (κ2) is 6.50. The molecule has 0 radical (unpaired) electrons. The van der Waals surface area contributed by atoms with Crippen LogP contribution in [-0.2, 0) is 4.79 Å². The fourth-order valence-electron chi connectivity index (χ4n) is 2.55. The lowest BCUT2D eigenvalue weighted by Gasteiger charge is -2.26. The SMILES string of the molecule is O=C(NCC1CCC(C(=O)O)CC1)c1ccc(F)cc1. The molecule has 2 N–H and O–H groups in total. The molecule has 1 aliphatic rings. The van der Waals surface area contributed by atoms with E-state index < -0.39 is 5.97 Å². The van der Waals surface area contributed by atoms with Gasteiger partial charge in [-0.2, -0.15) is 0 Å². The zero-order chi connectivity index (χ0) is 14.5. The van der Waals surface area contributed by atoms with Gasteiger partial charge in [-0.1, -0.05) is 0 Å². The smallest absolute Gasteiger partial charge is 0.306 e. The predicted octanol–water partition coefficient (Wildman–Crippen LogP) is 2.45. The Kier molecular flexibility index (Phi) is 4.71. The second-order valence-electron chi connectivity index (χ2n) is 5.27. The summed E-state index contributed by atoms with van der Waals surface area (Å²) in [5.74, 6) is -1.22. The summed E-state index contributed by atoms with van der Waals surface area (Å²) in [5.41, 5.74) is 0.436. The van der Waals surface area contributed by atoms with Gasteiger partial charge in [0.05, 0.1) is 5.92 Å². The van der Waals surface area contributed by atoms with E-state index in [1.165, 1.54) is 24.3 Å². The minimum atomic E-state index is -0.723. The molecule has 1 fully saturated rings. The third-order valence-electron chi connectivity index (χ3n) is 3.85. The lowest BCUT2D eigenvalue weighted by atomic mass is 9.82. The minimum Gasteiger partial charge on any atom is -0.481 e. The summed E-state index contributed by atoms with van der Waals surface area (Å²) in [7, 11) is 0. The highest BCUT2D eigenvalue weighted by Gasteiger charge is 2.25. The number of amides is 1. The van der Waals surface area contributed by atoms with Crippen molar-refractivity contribution < 1.29 is 19.1 Å². The van der Waals surface area contributed by atoms with Gasteiger partial charge in [-0.15, -0.1) is 0 Å². The van der Waals surface area contributed by atoms with E-state index >= 15 is 0 Å². The van der Waals surface area contributed by atoms with E-state index in [4.69, 9.17) is 5.11 Å². The van der Waals surface area contributed by atoms with Crippen LogP contribution in [0.25, 0.3) is 0 Å². The van der Waals surface area contributed by atoms with Crippen molar-refractivity contribution in [3.05, 3.63) is 35.6 Å². The Balaban J connectivity index is 1.77. The average molecular weight is 279 g/mol. The van der Waals surface area contributed by atoms with Crippen molar-refractivity contribution in [2.75, 3.05) is 6.54 Å². The summed E-state index contributed by atoms with van der Waals surface area (Å²) in [6.07, 6.45) is 2.99.